The van der Waals surface area contributed by atoms with Crippen LogP contribution in [0.2, 0.25) is 0 Å². The lowest BCUT2D eigenvalue weighted by Crippen LogP contribution is -2.34. The van der Waals surface area contributed by atoms with Crippen molar-refractivity contribution < 1.29 is 18.3 Å². The largest absolute Gasteiger partial charge is 0.480 e. The number of aliphatic carboxylic acids is 1. The van der Waals surface area contributed by atoms with E-state index in [1.54, 1.807) is 0 Å². The number of rotatable bonds is 7. The number of carboxylic acid groups (broad SMARTS) is 1. The molecule has 1 N–H and O–H groups in total. The van der Waals surface area contributed by atoms with E-state index >= 15 is 0 Å². The Bertz CT molecular complexity index is 673. The second-order valence-corrected chi connectivity index (χ2v) is 6.86. The van der Waals surface area contributed by atoms with Crippen molar-refractivity contribution in [2.45, 2.75) is 13.1 Å². The molecule has 0 atom stereocenters. The van der Waals surface area contributed by atoms with Crippen molar-refractivity contribution in [3.8, 4) is 0 Å². The predicted molar refractivity (Wildman–Crippen MR) is 83.6 cm³/mol. The van der Waals surface area contributed by atoms with Crippen molar-refractivity contribution in [1.29, 1.82) is 0 Å². The number of hydrogen-bond donors (Lipinski definition) is 1. The van der Waals surface area contributed by atoms with Gasteiger partial charge < -0.3 is 5.11 Å². The maximum absolute atomic E-state index is 12.3. The first-order chi connectivity index (χ1) is 10.5. The van der Waals surface area contributed by atoms with Gasteiger partial charge in [0, 0.05) is 13.1 Å². The van der Waals surface area contributed by atoms with Gasteiger partial charge in [0.1, 0.15) is 0 Å². The fourth-order valence-corrected chi connectivity index (χ4v) is 3.26. The molecular weight excluding hydrogens is 302 g/mol. The third-order valence-corrected chi connectivity index (χ3v) is 4.76. The van der Waals surface area contributed by atoms with Crippen molar-refractivity contribution in [3.63, 3.8) is 0 Å². The molecule has 6 heteroatoms. The van der Waals surface area contributed by atoms with E-state index in [1.807, 2.05) is 60.7 Å². The van der Waals surface area contributed by atoms with E-state index in [4.69, 9.17) is 5.11 Å². The average Bonchev–Trinajstić information content (AvgIpc) is 2.47. The Balaban J connectivity index is 2.26. The zero-order valence-corrected chi connectivity index (χ0v) is 12.7. The Morgan fingerprint density at radius 1 is 0.864 bits per heavy atom. The molecule has 0 saturated heterocycles. The quantitative estimate of drug-likeness (QED) is 0.848. The molecule has 0 unspecified atom stereocenters. The number of carbonyl (C=O) groups is 1. The smallest absolute Gasteiger partial charge is 0.320 e. The highest BCUT2D eigenvalue weighted by Gasteiger charge is 2.25. The topological polar surface area (TPSA) is 74.7 Å². The maximum Gasteiger partial charge on any atom is 0.320 e. The molecule has 0 aromatic heterocycles. The molecule has 2 rings (SSSR count). The van der Waals surface area contributed by atoms with Crippen LogP contribution in [0.5, 0.6) is 0 Å². The van der Waals surface area contributed by atoms with Crippen LogP contribution in [0.15, 0.2) is 60.7 Å². The monoisotopic (exact) mass is 319 g/mol. The molecule has 0 saturated carbocycles. The van der Waals surface area contributed by atoms with Gasteiger partial charge in [-0.1, -0.05) is 60.7 Å². The van der Waals surface area contributed by atoms with Gasteiger partial charge in [0.2, 0.25) is 10.0 Å². The van der Waals surface area contributed by atoms with Gasteiger partial charge in [-0.15, -0.1) is 0 Å². The van der Waals surface area contributed by atoms with Gasteiger partial charge in [0.15, 0.2) is 5.75 Å². The first-order valence-corrected chi connectivity index (χ1v) is 8.36. The highest BCUT2D eigenvalue weighted by Crippen LogP contribution is 2.14. The Hall–Kier alpha value is -2.18. The molecule has 0 amide bonds. The van der Waals surface area contributed by atoms with Crippen LogP contribution in [0.25, 0.3) is 0 Å². The Kier molecular flexibility index (Phi) is 5.30. The van der Waals surface area contributed by atoms with Crippen molar-refractivity contribution in [1.82, 2.24) is 4.31 Å². The molecule has 0 fully saturated rings. The van der Waals surface area contributed by atoms with Crippen LogP contribution >= 0.6 is 0 Å². The molecular formula is C16H17NO4S. The molecule has 116 valence electrons. The maximum atomic E-state index is 12.3. The van der Waals surface area contributed by atoms with E-state index in [9.17, 15) is 13.2 Å². The molecule has 2 aromatic carbocycles. The normalized spacial score (nSPS) is 11.5. The van der Waals surface area contributed by atoms with Crippen molar-refractivity contribution in [2.75, 3.05) is 5.75 Å². The minimum atomic E-state index is -3.88. The number of sulfonamides is 1. The summed E-state index contributed by atoms with van der Waals surface area (Å²) in [6.07, 6.45) is 0. The lowest BCUT2D eigenvalue weighted by atomic mass is 10.2. The molecule has 0 heterocycles. The lowest BCUT2D eigenvalue weighted by Gasteiger charge is -2.21. The molecule has 0 aliphatic heterocycles. The third-order valence-electron chi connectivity index (χ3n) is 3.10. The van der Waals surface area contributed by atoms with Gasteiger partial charge in [-0.25, -0.2) is 8.42 Å². The van der Waals surface area contributed by atoms with Gasteiger partial charge in [-0.3, -0.25) is 4.79 Å². The Morgan fingerprint density at radius 3 is 1.64 bits per heavy atom. The molecule has 2 aromatic rings. The van der Waals surface area contributed by atoms with Crippen LogP contribution in [0.3, 0.4) is 0 Å². The van der Waals surface area contributed by atoms with Gasteiger partial charge in [0.25, 0.3) is 0 Å². The first kappa shape index (κ1) is 16.2. The van der Waals surface area contributed by atoms with Gasteiger partial charge in [-0.05, 0) is 11.1 Å². The fraction of sp³-hybridized carbons (Fsp3) is 0.188. The van der Waals surface area contributed by atoms with Gasteiger partial charge >= 0.3 is 5.97 Å². The summed E-state index contributed by atoms with van der Waals surface area (Å²) in [6.45, 7) is 0.288. The summed E-state index contributed by atoms with van der Waals surface area (Å²) >= 11 is 0. The standard InChI is InChI=1S/C16H17NO4S/c18-16(19)13-22(20,21)17(11-14-7-3-1-4-8-14)12-15-9-5-2-6-10-15/h1-10H,11-13H2,(H,18,19). The molecule has 0 aliphatic rings. The highest BCUT2D eigenvalue weighted by molar-refractivity contribution is 7.89. The van der Waals surface area contributed by atoms with Crippen LogP contribution in [-0.2, 0) is 27.9 Å². The summed E-state index contributed by atoms with van der Waals surface area (Å²) in [6, 6.07) is 18.2. The number of hydrogen-bond acceptors (Lipinski definition) is 3. The first-order valence-electron chi connectivity index (χ1n) is 6.75. The summed E-state index contributed by atoms with van der Waals surface area (Å²) in [4.78, 5) is 10.8. The lowest BCUT2D eigenvalue weighted by molar-refractivity contribution is -0.134. The fourth-order valence-electron chi connectivity index (χ4n) is 2.07. The van der Waals surface area contributed by atoms with Gasteiger partial charge in [-0.2, -0.15) is 4.31 Å². The van der Waals surface area contributed by atoms with Crippen molar-refractivity contribution >= 4 is 16.0 Å². The zero-order valence-electron chi connectivity index (χ0n) is 11.9. The molecule has 0 radical (unpaired) electrons. The van der Waals surface area contributed by atoms with E-state index in [-0.39, 0.29) is 13.1 Å². The molecule has 5 nitrogen and oxygen atoms in total. The van der Waals surface area contributed by atoms with Crippen molar-refractivity contribution in [2.24, 2.45) is 0 Å². The third kappa shape index (κ3) is 4.68. The second-order valence-electron chi connectivity index (χ2n) is 4.89. The number of benzene rings is 2. The highest BCUT2D eigenvalue weighted by atomic mass is 32.2. The van der Waals surface area contributed by atoms with Crippen LogP contribution in [0.4, 0.5) is 0 Å². The van der Waals surface area contributed by atoms with Crippen LogP contribution in [0.1, 0.15) is 11.1 Å². The van der Waals surface area contributed by atoms with E-state index < -0.39 is 21.7 Å². The summed E-state index contributed by atoms with van der Waals surface area (Å²) in [5.41, 5.74) is 1.62. The summed E-state index contributed by atoms with van der Waals surface area (Å²) in [7, 11) is -3.88. The van der Waals surface area contributed by atoms with E-state index in [1.165, 1.54) is 4.31 Å². The minimum Gasteiger partial charge on any atom is -0.480 e. The van der Waals surface area contributed by atoms with Crippen LogP contribution in [-0.4, -0.2) is 29.6 Å². The number of carboxylic acids is 1. The summed E-state index contributed by atoms with van der Waals surface area (Å²) < 4.78 is 25.8. The Labute approximate surface area is 129 Å². The molecule has 0 bridgehead atoms. The SMILES string of the molecule is O=C(O)CS(=O)(=O)N(Cc1ccccc1)Cc1ccccc1. The molecule has 0 aliphatic carbocycles. The van der Waals surface area contributed by atoms with Crippen molar-refractivity contribution in [3.05, 3.63) is 71.8 Å². The predicted octanol–water partition coefficient (Wildman–Crippen LogP) is 2.10. The molecule has 0 spiro atoms. The van der Waals surface area contributed by atoms with E-state index in [0.717, 1.165) is 11.1 Å². The Morgan fingerprint density at radius 2 is 1.27 bits per heavy atom. The zero-order chi connectivity index (χ0) is 16.0. The minimum absolute atomic E-state index is 0.144. The summed E-state index contributed by atoms with van der Waals surface area (Å²) in [5.74, 6) is -2.27. The summed E-state index contributed by atoms with van der Waals surface area (Å²) in [5, 5.41) is 8.82. The van der Waals surface area contributed by atoms with E-state index in [2.05, 4.69) is 0 Å². The van der Waals surface area contributed by atoms with Gasteiger partial charge in [0.05, 0.1) is 0 Å². The van der Waals surface area contributed by atoms with E-state index in [0.29, 0.717) is 0 Å². The van der Waals surface area contributed by atoms with Crippen LogP contribution in [0, 0.1) is 0 Å². The van der Waals surface area contributed by atoms with Crippen LogP contribution < -0.4 is 0 Å². The second kappa shape index (κ2) is 7.20. The average molecular weight is 319 g/mol. The molecule has 22 heavy (non-hydrogen) atoms. The number of nitrogens with zero attached hydrogens (tertiary/aromatic N) is 1.